The normalized spacial score (nSPS) is 10.2. The van der Waals surface area contributed by atoms with Gasteiger partial charge in [-0.25, -0.2) is 0 Å². The van der Waals surface area contributed by atoms with Crippen LogP contribution in [0.5, 0.6) is 0 Å². The number of nitrogens with two attached hydrogens (primary N) is 1. The van der Waals surface area contributed by atoms with Crippen LogP contribution in [-0.4, -0.2) is 34.7 Å². The van der Waals surface area contributed by atoms with Crippen molar-refractivity contribution in [1.29, 1.82) is 0 Å². The largest absolute Gasteiger partial charge is 0.368 e. The number of hydrogen-bond acceptors (Lipinski definition) is 4. The number of amides is 2. The molecule has 0 aliphatic carbocycles. The number of carbonyl (C=O) groups excluding carboxylic acids is 2. The molecule has 0 aliphatic heterocycles. The van der Waals surface area contributed by atoms with Crippen LogP contribution in [0.2, 0.25) is 0 Å². The fourth-order valence-electron chi connectivity index (χ4n) is 1.75. The van der Waals surface area contributed by atoms with Crippen LogP contribution < -0.4 is 5.73 Å². The van der Waals surface area contributed by atoms with Crippen molar-refractivity contribution in [3.8, 4) is 0 Å². The van der Waals surface area contributed by atoms with Crippen LogP contribution in [0, 0.1) is 13.7 Å². The number of primary amides is 1. The van der Waals surface area contributed by atoms with Crippen molar-refractivity contribution in [2.45, 2.75) is 19.8 Å². The van der Waals surface area contributed by atoms with Crippen LogP contribution in [0.25, 0.3) is 0 Å². The van der Waals surface area contributed by atoms with Crippen molar-refractivity contribution in [3.05, 3.63) is 37.4 Å². The van der Waals surface area contributed by atoms with Gasteiger partial charge in [0.25, 0.3) is 11.6 Å². The predicted octanol–water partition coefficient (Wildman–Crippen LogP) is 1.93. The summed E-state index contributed by atoms with van der Waals surface area (Å²) >= 11 is 1.93. The average Bonchev–Trinajstić information content (AvgIpc) is 2.42. The van der Waals surface area contributed by atoms with Gasteiger partial charge >= 0.3 is 0 Å². The Morgan fingerprint density at radius 3 is 2.62 bits per heavy atom. The molecule has 7 nitrogen and oxygen atoms in total. The lowest BCUT2D eigenvalue weighted by Gasteiger charge is -2.21. The van der Waals surface area contributed by atoms with Crippen LogP contribution in [0.1, 0.15) is 30.1 Å². The van der Waals surface area contributed by atoms with Crippen molar-refractivity contribution in [3.63, 3.8) is 0 Å². The van der Waals surface area contributed by atoms with Gasteiger partial charge in [0.05, 0.1) is 17.0 Å². The summed E-state index contributed by atoms with van der Waals surface area (Å²) < 4.78 is 0.592. The van der Waals surface area contributed by atoms with Crippen molar-refractivity contribution < 1.29 is 14.5 Å². The summed E-state index contributed by atoms with van der Waals surface area (Å²) in [5, 5.41) is 10.8. The highest BCUT2D eigenvalue weighted by molar-refractivity contribution is 14.1. The summed E-state index contributed by atoms with van der Waals surface area (Å²) in [5.41, 5.74) is 5.21. The Morgan fingerprint density at radius 1 is 1.43 bits per heavy atom. The maximum Gasteiger partial charge on any atom is 0.270 e. The minimum absolute atomic E-state index is 0.159. The standard InChI is InChI=1S/C13H16IN3O4/c1-2-3-6-16(8-12(15)18)13(19)10-7-9(17(20)21)4-5-11(10)14/h4-5,7H,2-3,6,8H2,1H3,(H2,15,18). The predicted molar refractivity (Wildman–Crippen MR) is 85.8 cm³/mol. The van der Waals surface area contributed by atoms with Gasteiger partial charge in [-0.2, -0.15) is 0 Å². The molecule has 1 rings (SSSR count). The molecule has 0 bridgehead atoms. The van der Waals surface area contributed by atoms with Crippen LogP contribution >= 0.6 is 22.6 Å². The third-order valence-corrected chi connectivity index (χ3v) is 3.75. The lowest BCUT2D eigenvalue weighted by atomic mass is 10.1. The fraction of sp³-hybridized carbons (Fsp3) is 0.385. The molecule has 0 spiro atoms. The highest BCUT2D eigenvalue weighted by atomic mass is 127. The third-order valence-electron chi connectivity index (χ3n) is 2.81. The lowest BCUT2D eigenvalue weighted by Crippen LogP contribution is -2.39. The van der Waals surface area contributed by atoms with Crippen molar-refractivity contribution in [2.75, 3.05) is 13.1 Å². The van der Waals surface area contributed by atoms with Gasteiger partial charge in [0.15, 0.2) is 0 Å². The minimum atomic E-state index is -0.611. The number of hydrogen-bond donors (Lipinski definition) is 1. The second-order valence-electron chi connectivity index (χ2n) is 4.47. The van der Waals surface area contributed by atoms with E-state index in [2.05, 4.69) is 0 Å². The molecule has 0 atom stereocenters. The number of halogens is 1. The first-order valence-corrected chi connectivity index (χ1v) is 7.46. The summed E-state index contributed by atoms with van der Waals surface area (Å²) in [6.07, 6.45) is 1.58. The molecular weight excluding hydrogens is 389 g/mol. The first kappa shape index (κ1) is 17.3. The maximum absolute atomic E-state index is 12.5. The van der Waals surface area contributed by atoms with E-state index in [1.54, 1.807) is 0 Å². The molecule has 2 amide bonds. The number of carbonyl (C=O) groups is 2. The van der Waals surface area contributed by atoms with Gasteiger partial charge in [0.1, 0.15) is 0 Å². The van der Waals surface area contributed by atoms with Gasteiger partial charge in [-0.3, -0.25) is 19.7 Å². The summed E-state index contributed by atoms with van der Waals surface area (Å²) in [7, 11) is 0. The summed E-state index contributed by atoms with van der Waals surface area (Å²) in [5.74, 6) is -1.03. The Labute approximate surface area is 135 Å². The molecule has 0 saturated heterocycles. The first-order chi connectivity index (χ1) is 9.86. The number of benzene rings is 1. The van der Waals surface area contributed by atoms with Gasteiger partial charge in [-0.1, -0.05) is 13.3 Å². The number of nitro groups is 1. The van der Waals surface area contributed by atoms with Gasteiger partial charge in [0.2, 0.25) is 5.91 Å². The zero-order valence-electron chi connectivity index (χ0n) is 11.5. The minimum Gasteiger partial charge on any atom is -0.368 e. The van der Waals surface area contributed by atoms with Crippen LogP contribution in [0.3, 0.4) is 0 Å². The maximum atomic E-state index is 12.5. The molecule has 8 heteroatoms. The van der Waals surface area contributed by atoms with E-state index >= 15 is 0 Å². The Kier molecular flexibility index (Phi) is 6.53. The number of nitrogens with zero attached hydrogens (tertiary/aromatic N) is 2. The van der Waals surface area contributed by atoms with E-state index in [0.717, 1.165) is 12.8 Å². The monoisotopic (exact) mass is 405 g/mol. The van der Waals surface area contributed by atoms with Gasteiger partial charge in [-0.15, -0.1) is 0 Å². The Balaban J connectivity index is 3.09. The molecule has 0 saturated carbocycles. The lowest BCUT2D eigenvalue weighted by molar-refractivity contribution is -0.384. The molecule has 0 radical (unpaired) electrons. The zero-order valence-corrected chi connectivity index (χ0v) is 13.7. The second-order valence-corrected chi connectivity index (χ2v) is 5.63. The highest BCUT2D eigenvalue weighted by Crippen LogP contribution is 2.21. The van der Waals surface area contributed by atoms with Crippen molar-refractivity contribution in [1.82, 2.24) is 4.90 Å². The van der Waals surface area contributed by atoms with Gasteiger partial charge in [0, 0.05) is 22.2 Å². The van der Waals surface area contributed by atoms with E-state index in [1.807, 2.05) is 29.5 Å². The number of non-ortho nitro benzene ring substituents is 1. The highest BCUT2D eigenvalue weighted by Gasteiger charge is 2.21. The molecule has 114 valence electrons. The summed E-state index contributed by atoms with van der Waals surface area (Å²) in [6.45, 7) is 2.15. The average molecular weight is 405 g/mol. The number of rotatable bonds is 7. The Hall–Kier alpha value is -1.71. The number of nitro benzene ring substituents is 1. The molecule has 0 aromatic heterocycles. The zero-order chi connectivity index (χ0) is 16.0. The molecule has 1 aromatic rings. The van der Waals surface area contributed by atoms with E-state index in [0.29, 0.717) is 10.1 Å². The van der Waals surface area contributed by atoms with Gasteiger partial charge in [-0.05, 0) is 35.1 Å². The quantitative estimate of drug-likeness (QED) is 0.425. The third kappa shape index (κ3) is 4.96. The van der Waals surface area contributed by atoms with E-state index in [4.69, 9.17) is 5.73 Å². The smallest absolute Gasteiger partial charge is 0.270 e. The van der Waals surface area contributed by atoms with Crippen molar-refractivity contribution >= 4 is 40.1 Å². The fourth-order valence-corrected chi connectivity index (χ4v) is 2.32. The Morgan fingerprint density at radius 2 is 2.10 bits per heavy atom. The number of unbranched alkanes of at least 4 members (excludes halogenated alkanes) is 1. The summed E-state index contributed by atoms with van der Waals surface area (Å²) in [4.78, 5) is 35.1. The van der Waals surface area contributed by atoms with Crippen LogP contribution in [-0.2, 0) is 4.79 Å². The van der Waals surface area contributed by atoms with Crippen LogP contribution in [0.15, 0.2) is 18.2 Å². The van der Waals surface area contributed by atoms with Crippen molar-refractivity contribution in [2.24, 2.45) is 5.73 Å². The SMILES string of the molecule is CCCCN(CC(N)=O)C(=O)c1cc([N+](=O)[O-])ccc1I. The first-order valence-electron chi connectivity index (χ1n) is 6.38. The van der Waals surface area contributed by atoms with E-state index < -0.39 is 16.7 Å². The molecule has 0 unspecified atom stereocenters. The topological polar surface area (TPSA) is 107 Å². The van der Waals surface area contributed by atoms with E-state index in [9.17, 15) is 19.7 Å². The Bertz CT molecular complexity index is 562. The summed E-state index contributed by atoms with van der Waals surface area (Å²) in [6, 6.07) is 4.07. The van der Waals surface area contributed by atoms with E-state index in [1.165, 1.54) is 23.1 Å². The molecule has 21 heavy (non-hydrogen) atoms. The van der Waals surface area contributed by atoms with E-state index in [-0.39, 0.29) is 17.8 Å². The van der Waals surface area contributed by atoms with Gasteiger partial charge < -0.3 is 10.6 Å². The molecule has 0 heterocycles. The second kappa shape index (κ2) is 7.91. The molecule has 2 N–H and O–H groups in total. The van der Waals surface area contributed by atoms with Crippen LogP contribution in [0.4, 0.5) is 5.69 Å². The molecular formula is C13H16IN3O4. The molecule has 0 fully saturated rings. The molecule has 0 aliphatic rings. The molecule has 1 aromatic carbocycles.